The van der Waals surface area contributed by atoms with Crippen molar-refractivity contribution in [1.29, 1.82) is 0 Å². The third-order valence-corrected chi connectivity index (χ3v) is 7.03. The van der Waals surface area contributed by atoms with Gasteiger partial charge in [0.25, 0.3) is 0 Å². The molecule has 0 aliphatic carbocycles. The molecular formula is C27H49NO6. The molecule has 2 N–H and O–H groups in total. The van der Waals surface area contributed by atoms with Gasteiger partial charge in [0.15, 0.2) is 12.1 Å². The fourth-order valence-corrected chi connectivity index (χ4v) is 5.37. The van der Waals surface area contributed by atoms with Gasteiger partial charge in [-0.15, -0.1) is 0 Å². The molecule has 0 fully saturated rings. The number of nitrogens with zero attached hydrogens (tertiary/aromatic N) is 1. The number of carbonyl (C=O) groups is 3. The first-order valence-corrected chi connectivity index (χ1v) is 13.4. The molecule has 34 heavy (non-hydrogen) atoms. The number of aliphatic carboxylic acids is 3. The standard InChI is InChI=1S/C27H49NO6/c1-5-9-10-11-12-13-14-15-16-17-18-19-20-21-28(22(6-2)25(29)30,23(7-3)26(31)32)24(8-4)27(33)34/h10-11,22-24H,5-9,12-21H2,1-4H3,(H2-,29,30,31,32,33,34)/b11-10+. The van der Waals surface area contributed by atoms with E-state index in [1.807, 2.05) is 0 Å². The Morgan fingerprint density at radius 2 is 1.09 bits per heavy atom. The molecule has 7 nitrogen and oxygen atoms in total. The molecule has 0 heterocycles. The molecule has 0 aromatic rings. The van der Waals surface area contributed by atoms with Crippen molar-refractivity contribution in [3.63, 3.8) is 0 Å². The predicted octanol–water partition coefficient (Wildman–Crippen LogP) is 4.93. The van der Waals surface area contributed by atoms with Gasteiger partial charge in [-0.1, -0.05) is 78.4 Å². The molecule has 0 aromatic heterocycles. The summed E-state index contributed by atoms with van der Waals surface area (Å²) in [5.74, 6) is -3.66. The zero-order valence-electron chi connectivity index (χ0n) is 22.0. The minimum absolute atomic E-state index is 0.128. The fraction of sp³-hybridized carbons (Fsp3) is 0.815. The molecule has 0 saturated carbocycles. The van der Waals surface area contributed by atoms with Crippen molar-refractivity contribution in [3.8, 4) is 0 Å². The van der Waals surface area contributed by atoms with Crippen molar-refractivity contribution in [3.05, 3.63) is 12.2 Å². The third kappa shape index (κ3) is 10.2. The van der Waals surface area contributed by atoms with Gasteiger partial charge in [-0.25, -0.2) is 9.59 Å². The highest BCUT2D eigenvalue weighted by Crippen LogP contribution is 2.32. The summed E-state index contributed by atoms with van der Waals surface area (Å²) in [5.41, 5.74) is 0. The average Bonchev–Trinajstić information content (AvgIpc) is 2.77. The molecule has 198 valence electrons. The van der Waals surface area contributed by atoms with E-state index in [2.05, 4.69) is 19.1 Å². The Morgan fingerprint density at radius 3 is 1.47 bits per heavy atom. The van der Waals surface area contributed by atoms with E-state index in [0.717, 1.165) is 38.5 Å². The Hall–Kier alpha value is -1.89. The maximum Gasteiger partial charge on any atom is 0.362 e. The number of rotatable bonds is 22. The van der Waals surface area contributed by atoms with Crippen molar-refractivity contribution in [2.24, 2.45) is 0 Å². The lowest BCUT2D eigenvalue weighted by Crippen LogP contribution is -2.73. The second kappa shape index (κ2) is 18.4. The molecule has 3 atom stereocenters. The fourth-order valence-electron chi connectivity index (χ4n) is 5.37. The lowest BCUT2D eigenvalue weighted by atomic mass is 9.93. The van der Waals surface area contributed by atoms with Gasteiger partial charge < -0.3 is 20.1 Å². The highest BCUT2D eigenvalue weighted by molar-refractivity contribution is 5.77. The summed E-state index contributed by atoms with van der Waals surface area (Å²) in [5, 5.41) is 32.0. The van der Waals surface area contributed by atoms with Crippen molar-refractivity contribution < 1.29 is 34.2 Å². The number of carboxylic acids is 3. The molecule has 0 rings (SSSR count). The van der Waals surface area contributed by atoms with Crippen LogP contribution in [0.4, 0.5) is 0 Å². The summed E-state index contributed by atoms with van der Waals surface area (Å²) in [6.45, 7) is 7.42. The Morgan fingerprint density at radius 1 is 0.676 bits per heavy atom. The van der Waals surface area contributed by atoms with Gasteiger partial charge >= 0.3 is 11.9 Å². The van der Waals surface area contributed by atoms with Crippen LogP contribution in [0.3, 0.4) is 0 Å². The molecule has 3 unspecified atom stereocenters. The number of hydrogen-bond acceptors (Lipinski definition) is 4. The van der Waals surface area contributed by atoms with Crippen molar-refractivity contribution in [1.82, 2.24) is 0 Å². The van der Waals surface area contributed by atoms with E-state index in [4.69, 9.17) is 0 Å². The second-order valence-corrected chi connectivity index (χ2v) is 9.36. The first-order valence-electron chi connectivity index (χ1n) is 13.4. The Labute approximate surface area is 206 Å². The van der Waals surface area contributed by atoms with Crippen LogP contribution in [0.5, 0.6) is 0 Å². The summed E-state index contributed by atoms with van der Waals surface area (Å²) in [6, 6.07) is -3.38. The topological polar surface area (TPSA) is 115 Å². The largest absolute Gasteiger partial charge is 0.544 e. The number of quaternary nitrogens is 1. The van der Waals surface area contributed by atoms with Gasteiger partial charge in [-0.2, -0.15) is 0 Å². The van der Waals surface area contributed by atoms with Crippen molar-refractivity contribution in [2.75, 3.05) is 6.54 Å². The predicted molar refractivity (Wildman–Crippen MR) is 133 cm³/mol. The lowest BCUT2D eigenvalue weighted by Gasteiger charge is -2.51. The SMILES string of the molecule is CCC/C=C/CCCCCCCCCC[N+](C(CC)C(=O)[O-])(C(CC)C(=O)O)C(CC)C(=O)O. The van der Waals surface area contributed by atoms with Gasteiger partial charge in [0.2, 0.25) is 0 Å². The maximum absolute atomic E-state index is 12.2. The second-order valence-electron chi connectivity index (χ2n) is 9.36. The van der Waals surface area contributed by atoms with Gasteiger partial charge in [-0.05, 0) is 32.1 Å². The molecule has 0 aromatic carbocycles. The summed E-state index contributed by atoms with van der Waals surface area (Å²) in [4.78, 5) is 36.4. The average molecular weight is 484 g/mol. The van der Waals surface area contributed by atoms with E-state index in [-0.39, 0.29) is 25.8 Å². The van der Waals surface area contributed by atoms with Gasteiger partial charge in [-0.3, -0.25) is 4.48 Å². The Bertz CT molecular complexity index is 563. The molecule has 7 heteroatoms. The Balaban J connectivity index is 5.07. The van der Waals surface area contributed by atoms with Crippen LogP contribution in [0.1, 0.15) is 118 Å². The third-order valence-electron chi connectivity index (χ3n) is 7.03. The first kappa shape index (κ1) is 32.1. The van der Waals surface area contributed by atoms with Gasteiger partial charge in [0, 0.05) is 19.3 Å². The summed E-state index contributed by atoms with van der Waals surface area (Å²) in [7, 11) is 0. The van der Waals surface area contributed by atoms with E-state index in [1.165, 1.54) is 25.7 Å². The summed E-state index contributed by atoms with van der Waals surface area (Å²) in [6.07, 6.45) is 16.7. The number of carbonyl (C=O) groups excluding carboxylic acids is 1. The van der Waals surface area contributed by atoms with E-state index in [9.17, 15) is 29.7 Å². The number of carboxylic acid groups (broad SMARTS) is 3. The molecule has 0 radical (unpaired) electrons. The number of allylic oxidation sites excluding steroid dienone is 2. The summed E-state index contributed by atoms with van der Waals surface area (Å²) < 4.78 is -0.470. The molecule has 0 amide bonds. The normalized spacial score (nSPS) is 16.1. The monoisotopic (exact) mass is 483 g/mol. The zero-order chi connectivity index (χ0) is 26.0. The molecule has 0 aliphatic rings. The highest BCUT2D eigenvalue weighted by atomic mass is 16.4. The molecule has 0 bridgehead atoms. The van der Waals surface area contributed by atoms with Gasteiger partial charge in [0.05, 0.1) is 12.5 Å². The van der Waals surface area contributed by atoms with Crippen LogP contribution < -0.4 is 5.11 Å². The van der Waals surface area contributed by atoms with Crippen LogP contribution in [-0.4, -0.2) is 57.3 Å². The van der Waals surface area contributed by atoms with Crippen molar-refractivity contribution in [2.45, 2.75) is 136 Å². The minimum Gasteiger partial charge on any atom is -0.544 e. The summed E-state index contributed by atoms with van der Waals surface area (Å²) >= 11 is 0. The van der Waals surface area contributed by atoms with Crippen molar-refractivity contribution >= 4 is 17.9 Å². The molecular weight excluding hydrogens is 434 g/mol. The number of hydrogen-bond donors (Lipinski definition) is 2. The highest BCUT2D eigenvalue weighted by Gasteiger charge is 2.53. The minimum atomic E-state index is -1.37. The van der Waals surface area contributed by atoms with Crippen LogP contribution in [0, 0.1) is 0 Å². The van der Waals surface area contributed by atoms with Crippen LogP contribution in [-0.2, 0) is 14.4 Å². The smallest absolute Gasteiger partial charge is 0.362 e. The van der Waals surface area contributed by atoms with E-state index < -0.39 is 40.5 Å². The van der Waals surface area contributed by atoms with Crippen LogP contribution in [0.25, 0.3) is 0 Å². The van der Waals surface area contributed by atoms with Crippen LogP contribution in [0.2, 0.25) is 0 Å². The van der Waals surface area contributed by atoms with E-state index >= 15 is 0 Å². The van der Waals surface area contributed by atoms with Crippen LogP contribution >= 0.6 is 0 Å². The molecule has 0 spiro atoms. The van der Waals surface area contributed by atoms with Gasteiger partial charge in [0.1, 0.15) is 6.04 Å². The van der Waals surface area contributed by atoms with E-state index in [0.29, 0.717) is 6.42 Å². The van der Waals surface area contributed by atoms with Crippen LogP contribution in [0.15, 0.2) is 12.2 Å². The lowest BCUT2D eigenvalue weighted by molar-refractivity contribution is -0.974. The number of unbranched alkanes of at least 4 members (excludes halogenated alkanes) is 9. The molecule has 0 saturated heterocycles. The maximum atomic E-state index is 12.2. The molecule has 0 aliphatic heterocycles. The van der Waals surface area contributed by atoms with E-state index in [1.54, 1.807) is 20.8 Å². The Kier molecular flexibility index (Phi) is 17.4. The quantitative estimate of drug-likeness (QED) is 0.128. The first-order chi connectivity index (χ1) is 16.2. The zero-order valence-corrected chi connectivity index (χ0v) is 22.0.